The topological polar surface area (TPSA) is 42.4 Å². The summed E-state index contributed by atoms with van der Waals surface area (Å²) in [5.41, 5.74) is 0.252. The Morgan fingerprint density at radius 1 is 1.56 bits per heavy atom. The largest absolute Gasteiger partial charge is 0.377 e. The van der Waals surface area contributed by atoms with Gasteiger partial charge in [-0.25, -0.2) is 4.98 Å². The molecule has 1 aliphatic heterocycles. The van der Waals surface area contributed by atoms with Gasteiger partial charge in [0.1, 0.15) is 5.69 Å². The number of carbonyl (C=O) groups is 1. The molecule has 0 saturated carbocycles. The first-order valence-electron chi connectivity index (χ1n) is 6.00. The van der Waals surface area contributed by atoms with Gasteiger partial charge in [-0.05, 0) is 47.8 Å². The number of piperidine rings is 1. The molecule has 0 radical (unpaired) electrons. The van der Waals surface area contributed by atoms with Gasteiger partial charge in [0.25, 0.3) is 5.91 Å². The third kappa shape index (κ3) is 2.90. The maximum Gasteiger partial charge on any atom is 0.272 e. The van der Waals surface area contributed by atoms with E-state index in [9.17, 15) is 4.79 Å². The minimum Gasteiger partial charge on any atom is -0.377 e. The Kier molecular flexibility index (Phi) is 4.02. The molecule has 1 atom stereocenters. The predicted molar refractivity (Wildman–Crippen MR) is 72.5 cm³/mol. The molecule has 5 heteroatoms. The molecule has 0 spiro atoms. The van der Waals surface area contributed by atoms with E-state index in [1.54, 1.807) is 19.4 Å². The van der Waals surface area contributed by atoms with Crippen LogP contribution >= 0.6 is 15.9 Å². The number of nitrogens with zero attached hydrogens (tertiary/aromatic N) is 2. The molecule has 0 N–H and O–H groups in total. The van der Waals surface area contributed by atoms with Crippen LogP contribution < -0.4 is 0 Å². The molecular formula is C13H17BrN2O2. The first-order chi connectivity index (χ1) is 8.54. The minimum atomic E-state index is -0.233. The molecule has 1 amide bonds. The van der Waals surface area contributed by atoms with Gasteiger partial charge in [-0.1, -0.05) is 0 Å². The van der Waals surface area contributed by atoms with Gasteiger partial charge in [0, 0.05) is 30.9 Å². The van der Waals surface area contributed by atoms with Gasteiger partial charge in [0.2, 0.25) is 0 Å². The average molecular weight is 313 g/mol. The van der Waals surface area contributed by atoms with Crippen LogP contribution in [-0.4, -0.2) is 41.6 Å². The second kappa shape index (κ2) is 5.36. The number of methoxy groups -OCH3 is 1. The number of aromatic nitrogens is 1. The zero-order valence-corrected chi connectivity index (χ0v) is 12.2. The van der Waals surface area contributed by atoms with Crippen LogP contribution in [0.3, 0.4) is 0 Å². The second-order valence-electron chi connectivity index (χ2n) is 4.85. The Balaban J connectivity index is 2.11. The SMILES string of the molecule is COC1(C)CCCN(C(=O)c2ccc(Br)cn2)C1. The molecule has 1 aromatic rings. The third-order valence-corrected chi connectivity index (χ3v) is 3.85. The first-order valence-corrected chi connectivity index (χ1v) is 6.79. The molecule has 2 heterocycles. The molecule has 0 bridgehead atoms. The van der Waals surface area contributed by atoms with Crippen LogP contribution in [0.25, 0.3) is 0 Å². The molecule has 1 saturated heterocycles. The number of rotatable bonds is 2. The van der Waals surface area contributed by atoms with Crippen LogP contribution in [-0.2, 0) is 4.74 Å². The standard InChI is InChI=1S/C13H17BrN2O2/c1-13(18-2)6-3-7-16(9-13)12(17)11-5-4-10(14)8-15-11/h4-5,8H,3,6-7,9H2,1-2H3. The highest BCUT2D eigenvalue weighted by atomic mass is 79.9. The van der Waals surface area contributed by atoms with Gasteiger partial charge in [-0.15, -0.1) is 0 Å². The molecule has 1 aromatic heterocycles. The van der Waals surface area contributed by atoms with Gasteiger partial charge in [0.05, 0.1) is 5.60 Å². The molecule has 1 unspecified atom stereocenters. The van der Waals surface area contributed by atoms with Crippen molar-refractivity contribution >= 4 is 21.8 Å². The van der Waals surface area contributed by atoms with E-state index >= 15 is 0 Å². The molecular weight excluding hydrogens is 296 g/mol. The van der Waals surface area contributed by atoms with Crippen LogP contribution in [0.15, 0.2) is 22.8 Å². The molecule has 1 fully saturated rings. The second-order valence-corrected chi connectivity index (χ2v) is 5.76. The zero-order chi connectivity index (χ0) is 13.2. The van der Waals surface area contributed by atoms with E-state index in [4.69, 9.17) is 4.74 Å². The summed E-state index contributed by atoms with van der Waals surface area (Å²) in [6.07, 6.45) is 3.60. The summed E-state index contributed by atoms with van der Waals surface area (Å²) in [4.78, 5) is 18.3. The van der Waals surface area contributed by atoms with Gasteiger partial charge >= 0.3 is 0 Å². The summed E-state index contributed by atoms with van der Waals surface area (Å²) in [5.74, 6) is -0.0227. The quantitative estimate of drug-likeness (QED) is 0.842. The van der Waals surface area contributed by atoms with Gasteiger partial charge in [-0.3, -0.25) is 4.79 Å². The van der Waals surface area contributed by atoms with Crippen molar-refractivity contribution in [3.63, 3.8) is 0 Å². The summed E-state index contributed by atoms with van der Waals surface area (Å²) in [6, 6.07) is 3.57. The van der Waals surface area contributed by atoms with E-state index < -0.39 is 0 Å². The summed E-state index contributed by atoms with van der Waals surface area (Å²) < 4.78 is 6.37. The minimum absolute atomic E-state index is 0.0227. The maximum absolute atomic E-state index is 12.3. The monoisotopic (exact) mass is 312 g/mol. The Morgan fingerprint density at radius 3 is 2.94 bits per heavy atom. The van der Waals surface area contributed by atoms with Crippen LogP contribution in [0, 0.1) is 0 Å². The lowest BCUT2D eigenvalue weighted by atomic mass is 9.94. The summed E-state index contributed by atoms with van der Waals surface area (Å²) in [5, 5.41) is 0. The number of hydrogen-bond acceptors (Lipinski definition) is 3. The van der Waals surface area contributed by atoms with Crippen molar-refractivity contribution < 1.29 is 9.53 Å². The first kappa shape index (κ1) is 13.5. The fourth-order valence-electron chi connectivity index (χ4n) is 2.21. The molecule has 98 valence electrons. The maximum atomic E-state index is 12.3. The molecule has 0 aliphatic carbocycles. The average Bonchev–Trinajstić information content (AvgIpc) is 2.39. The van der Waals surface area contributed by atoms with Crippen molar-refractivity contribution in [1.82, 2.24) is 9.88 Å². The van der Waals surface area contributed by atoms with E-state index in [-0.39, 0.29) is 11.5 Å². The van der Waals surface area contributed by atoms with E-state index in [0.717, 1.165) is 23.9 Å². The van der Waals surface area contributed by atoms with Crippen molar-refractivity contribution in [2.45, 2.75) is 25.4 Å². The number of carbonyl (C=O) groups excluding carboxylic acids is 1. The molecule has 18 heavy (non-hydrogen) atoms. The Hall–Kier alpha value is -0.940. The lowest BCUT2D eigenvalue weighted by molar-refractivity contribution is -0.0441. The van der Waals surface area contributed by atoms with E-state index in [2.05, 4.69) is 20.9 Å². The molecule has 2 rings (SSSR count). The summed E-state index contributed by atoms with van der Waals surface area (Å²) >= 11 is 3.31. The number of ether oxygens (including phenoxy) is 1. The summed E-state index contributed by atoms with van der Waals surface area (Å²) in [7, 11) is 1.70. The van der Waals surface area contributed by atoms with Gasteiger partial charge < -0.3 is 9.64 Å². The van der Waals surface area contributed by atoms with Crippen LogP contribution in [0.1, 0.15) is 30.3 Å². The Labute approximate surface area is 115 Å². The van der Waals surface area contributed by atoms with Gasteiger partial charge in [-0.2, -0.15) is 0 Å². The number of halogens is 1. The fraction of sp³-hybridized carbons (Fsp3) is 0.538. The van der Waals surface area contributed by atoms with Crippen molar-refractivity contribution in [2.75, 3.05) is 20.2 Å². The van der Waals surface area contributed by atoms with Crippen molar-refractivity contribution in [1.29, 1.82) is 0 Å². The predicted octanol–water partition coefficient (Wildman–Crippen LogP) is 2.49. The Bertz CT molecular complexity index is 435. The molecule has 1 aliphatic rings. The highest BCUT2D eigenvalue weighted by Gasteiger charge is 2.33. The van der Waals surface area contributed by atoms with Crippen LogP contribution in [0.2, 0.25) is 0 Å². The zero-order valence-electron chi connectivity index (χ0n) is 10.6. The van der Waals surface area contributed by atoms with Crippen LogP contribution in [0.4, 0.5) is 0 Å². The lowest BCUT2D eigenvalue weighted by Crippen LogP contribution is -2.49. The number of pyridine rings is 1. The number of amides is 1. The fourth-order valence-corrected chi connectivity index (χ4v) is 2.44. The normalized spacial score (nSPS) is 24.1. The molecule has 4 nitrogen and oxygen atoms in total. The highest BCUT2D eigenvalue weighted by molar-refractivity contribution is 9.10. The Morgan fingerprint density at radius 2 is 2.33 bits per heavy atom. The van der Waals surface area contributed by atoms with E-state index in [0.29, 0.717) is 12.2 Å². The smallest absolute Gasteiger partial charge is 0.272 e. The highest BCUT2D eigenvalue weighted by Crippen LogP contribution is 2.24. The van der Waals surface area contributed by atoms with E-state index in [1.807, 2.05) is 17.9 Å². The van der Waals surface area contributed by atoms with Crippen molar-refractivity contribution in [3.8, 4) is 0 Å². The number of hydrogen-bond donors (Lipinski definition) is 0. The van der Waals surface area contributed by atoms with Gasteiger partial charge in [0.15, 0.2) is 0 Å². The van der Waals surface area contributed by atoms with E-state index in [1.165, 1.54) is 0 Å². The molecule has 0 aromatic carbocycles. The third-order valence-electron chi connectivity index (χ3n) is 3.39. The van der Waals surface area contributed by atoms with Crippen molar-refractivity contribution in [3.05, 3.63) is 28.5 Å². The summed E-state index contributed by atoms with van der Waals surface area (Å²) in [6.45, 7) is 3.44. The van der Waals surface area contributed by atoms with Crippen LogP contribution in [0.5, 0.6) is 0 Å². The van der Waals surface area contributed by atoms with Crippen molar-refractivity contribution in [2.24, 2.45) is 0 Å². The lowest BCUT2D eigenvalue weighted by Gasteiger charge is -2.39. The number of likely N-dealkylation sites (tertiary alicyclic amines) is 1.